The fraction of sp³-hybridized carbons (Fsp3) is 0.533. The quantitative estimate of drug-likeness (QED) is 0.801. The summed E-state index contributed by atoms with van der Waals surface area (Å²) in [6.07, 6.45) is 6.20. The van der Waals surface area contributed by atoms with E-state index in [2.05, 4.69) is 10.3 Å². The molecule has 0 saturated heterocycles. The Balaban J connectivity index is 1.96. The van der Waals surface area contributed by atoms with Crippen LogP contribution in [0.4, 0.5) is 0 Å². The van der Waals surface area contributed by atoms with Crippen LogP contribution in [-0.4, -0.2) is 28.0 Å². The van der Waals surface area contributed by atoms with Gasteiger partial charge in [-0.1, -0.05) is 25.8 Å². The molecule has 0 aliphatic heterocycles. The summed E-state index contributed by atoms with van der Waals surface area (Å²) in [5, 5.41) is 11.6. The summed E-state index contributed by atoms with van der Waals surface area (Å²) >= 11 is 0. The van der Waals surface area contributed by atoms with E-state index >= 15 is 0 Å². The zero-order chi connectivity index (χ0) is 14.5. The maximum Gasteiger partial charge on any atom is 0.326 e. The number of hydrogen-bond acceptors (Lipinski definition) is 3. The van der Waals surface area contributed by atoms with E-state index in [0.717, 1.165) is 18.4 Å². The average molecular weight is 276 g/mol. The molecule has 0 spiro atoms. The molecule has 2 rings (SSSR count). The molecule has 1 atom stereocenters. The Labute approximate surface area is 118 Å². The molecule has 5 heteroatoms. The number of hydrogen-bond donors (Lipinski definition) is 2. The maximum absolute atomic E-state index is 12.0. The van der Waals surface area contributed by atoms with Gasteiger partial charge in [0.05, 0.1) is 0 Å². The molecule has 0 aromatic carbocycles. The monoisotopic (exact) mass is 276 g/mol. The van der Waals surface area contributed by atoms with Gasteiger partial charge >= 0.3 is 5.97 Å². The highest BCUT2D eigenvalue weighted by molar-refractivity contribution is 5.94. The number of aliphatic carboxylic acids is 1. The first-order valence-electron chi connectivity index (χ1n) is 7.11. The molecular formula is C15H20N2O3. The lowest BCUT2D eigenvalue weighted by molar-refractivity contribution is -0.139. The summed E-state index contributed by atoms with van der Waals surface area (Å²) in [6, 6.07) is 2.73. The molecule has 2 N–H and O–H groups in total. The summed E-state index contributed by atoms with van der Waals surface area (Å²) in [5.41, 5.74) is 1.43. The number of nitrogens with zero attached hydrogens (tertiary/aromatic N) is 1. The first kappa shape index (κ1) is 14.5. The van der Waals surface area contributed by atoms with E-state index in [4.69, 9.17) is 5.11 Å². The first-order valence-corrected chi connectivity index (χ1v) is 7.11. The lowest BCUT2D eigenvalue weighted by Gasteiger charge is -2.13. The third-order valence-electron chi connectivity index (χ3n) is 3.52. The van der Waals surface area contributed by atoms with Crippen LogP contribution in [0.2, 0.25) is 0 Å². The van der Waals surface area contributed by atoms with E-state index in [1.165, 1.54) is 12.8 Å². The Kier molecular flexibility index (Phi) is 4.71. The molecule has 1 aromatic rings. The lowest BCUT2D eigenvalue weighted by atomic mass is 10.1. The number of unbranched alkanes of at least 4 members (excludes halogenated alkanes) is 1. The van der Waals surface area contributed by atoms with Crippen LogP contribution in [0.3, 0.4) is 0 Å². The Morgan fingerprint density at radius 2 is 2.20 bits per heavy atom. The number of nitrogens with one attached hydrogen (secondary N) is 1. The van der Waals surface area contributed by atoms with Crippen LogP contribution in [-0.2, 0) is 4.79 Å². The molecule has 1 amide bonds. The second-order valence-electron chi connectivity index (χ2n) is 5.26. The summed E-state index contributed by atoms with van der Waals surface area (Å²) < 4.78 is 0. The van der Waals surface area contributed by atoms with Crippen LogP contribution in [0.15, 0.2) is 18.3 Å². The van der Waals surface area contributed by atoms with E-state index < -0.39 is 17.9 Å². The Morgan fingerprint density at radius 3 is 2.70 bits per heavy atom. The summed E-state index contributed by atoms with van der Waals surface area (Å²) in [5.74, 6) is -0.826. The molecule has 5 nitrogen and oxygen atoms in total. The average Bonchev–Trinajstić information content (AvgIpc) is 3.27. The van der Waals surface area contributed by atoms with Gasteiger partial charge in [-0.25, -0.2) is 4.79 Å². The van der Waals surface area contributed by atoms with Gasteiger partial charge in [-0.2, -0.15) is 0 Å². The third kappa shape index (κ3) is 3.79. The van der Waals surface area contributed by atoms with Crippen molar-refractivity contribution in [3.05, 3.63) is 29.6 Å². The Morgan fingerprint density at radius 1 is 1.45 bits per heavy atom. The number of carboxylic acid groups (broad SMARTS) is 1. The zero-order valence-electron chi connectivity index (χ0n) is 11.6. The van der Waals surface area contributed by atoms with E-state index in [0.29, 0.717) is 12.3 Å². The van der Waals surface area contributed by atoms with E-state index in [9.17, 15) is 9.59 Å². The highest BCUT2D eigenvalue weighted by atomic mass is 16.4. The fourth-order valence-corrected chi connectivity index (χ4v) is 2.10. The van der Waals surface area contributed by atoms with Crippen LogP contribution in [0.25, 0.3) is 0 Å². The van der Waals surface area contributed by atoms with Gasteiger partial charge < -0.3 is 10.4 Å². The van der Waals surface area contributed by atoms with Crippen LogP contribution in [0.5, 0.6) is 0 Å². The topological polar surface area (TPSA) is 79.3 Å². The van der Waals surface area contributed by atoms with Gasteiger partial charge in [0.2, 0.25) is 0 Å². The van der Waals surface area contributed by atoms with E-state index in [1.54, 1.807) is 12.3 Å². The second-order valence-corrected chi connectivity index (χ2v) is 5.26. The smallest absolute Gasteiger partial charge is 0.326 e. The lowest BCUT2D eigenvalue weighted by Crippen LogP contribution is -2.41. The normalized spacial score (nSPS) is 15.7. The van der Waals surface area contributed by atoms with Gasteiger partial charge in [0.1, 0.15) is 11.7 Å². The SMILES string of the molecule is CCCC[C@H](NC(=O)c1ccc(C2CC2)cn1)C(=O)O. The Bertz CT molecular complexity index is 480. The number of aromatic nitrogens is 1. The van der Waals surface area contributed by atoms with Crippen molar-refractivity contribution in [3.63, 3.8) is 0 Å². The fourth-order valence-electron chi connectivity index (χ4n) is 2.10. The minimum Gasteiger partial charge on any atom is -0.480 e. The minimum absolute atomic E-state index is 0.275. The van der Waals surface area contributed by atoms with Crippen molar-refractivity contribution in [2.75, 3.05) is 0 Å². The second kappa shape index (κ2) is 6.50. The highest BCUT2D eigenvalue weighted by Gasteiger charge is 2.24. The summed E-state index contributed by atoms with van der Waals surface area (Å²) in [6.45, 7) is 1.99. The maximum atomic E-state index is 12.0. The van der Waals surface area contributed by atoms with Crippen molar-refractivity contribution in [3.8, 4) is 0 Å². The molecule has 1 aromatic heterocycles. The number of carbonyl (C=O) groups excluding carboxylic acids is 1. The Hall–Kier alpha value is -1.91. The molecular weight excluding hydrogens is 256 g/mol. The molecule has 108 valence electrons. The third-order valence-corrected chi connectivity index (χ3v) is 3.52. The van der Waals surface area contributed by atoms with E-state index in [-0.39, 0.29) is 5.69 Å². The predicted molar refractivity (Wildman–Crippen MR) is 74.6 cm³/mol. The molecule has 0 unspecified atom stereocenters. The number of carboxylic acids is 1. The predicted octanol–water partition coefficient (Wildman–Crippen LogP) is 2.33. The van der Waals surface area contributed by atoms with Crippen LogP contribution < -0.4 is 5.32 Å². The van der Waals surface area contributed by atoms with Gasteiger partial charge in [-0.15, -0.1) is 0 Å². The van der Waals surface area contributed by atoms with Crippen LogP contribution >= 0.6 is 0 Å². The van der Waals surface area contributed by atoms with Gasteiger partial charge in [-0.05, 0) is 36.8 Å². The largest absolute Gasteiger partial charge is 0.480 e. The number of carbonyl (C=O) groups is 2. The van der Waals surface area contributed by atoms with Gasteiger partial charge in [0.25, 0.3) is 5.91 Å². The van der Waals surface area contributed by atoms with Crippen molar-refractivity contribution in [1.82, 2.24) is 10.3 Å². The van der Waals surface area contributed by atoms with Crippen molar-refractivity contribution < 1.29 is 14.7 Å². The summed E-state index contributed by atoms with van der Waals surface area (Å²) in [4.78, 5) is 27.2. The van der Waals surface area contributed by atoms with Crippen molar-refractivity contribution >= 4 is 11.9 Å². The number of rotatable bonds is 7. The van der Waals surface area contributed by atoms with Gasteiger partial charge in [0.15, 0.2) is 0 Å². The minimum atomic E-state index is -0.999. The molecule has 1 fully saturated rings. The van der Waals surface area contributed by atoms with Crippen LogP contribution in [0, 0.1) is 0 Å². The molecule has 20 heavy (non-hydrogen) atoms. The molecule has 1 heterocycles. The molecule has 0 bridgehead atoms. The van der Waals surface area contributed by atoms with Crippen molar-refractivity contribution in [2.45, 2.75) is 51.0 Å². The number of pyridine rings is 1. The highest BCUT2D eigenvalue weighted by Crippen LogP contribution is 2.39. The zero-order valence-corrected chi connectivity index (χ0v) is 11.6. The van der Waals surface area contributed by atoms with E-state index in [1.807, 2.05) is 13.0 Å². The van der Waals surface area contributed by atoms with Crippen molar-refractivity contribution in [1.29, 1.82) is 0 Å². The molecule has 0 radical (unpaired) electrons. The molecule has 1 saturated carbocycles. The van der Waals surface area contributed by atoms with Gasteiger partial charge in [-0.3, -0.25) is 9.78 Å². The molecule has 1 aliphatic carbocycles. The molecule has 1 aliphatic rings. The van der Waals surface area contributed by atoms with Crippen molar-refractivity contribution in [2.24, 2.45) is 0 Å². The van der Waals surface area contributed by atoms with Gasteiger partial charge in [0, 0.05) is 6.20 Å². The standard InChI is InChI=1S/C15H20N2O3/c1-2-3-4-13(15(19)20)17-14(18)12-8-7-11(9-16-12)10-5-6-10/h7-10,13H,2-6H2,1H3,(H,17,18)(H,19,20)/t13-/m0/s1. The summed E-state index contributed by atoms with van der Waals surface area (Å²) in [7, 11) is 0. The number of amides is 1. The first-order chi connectivity index (χ1) is 9.61. The van der Waals surface area contributed by atoms with Crippen LogP contribution in [0.1, 0.15) is 61.0 Å².